The van der Waals surface area contributed by atoms with Crippen molar-refractivity contribution >= 4 is 34.8 Å². The van der Waals surface area contributed by atoms with E-state index in [4.69, 9.17) is 34.8 Å². The van der Waals surface area contributed by atoms with Gasteiger partial charge in [-0.2, -0.15) is 0 Å². The van der Waals surface area contributed by atoms with Gasteiger partial charge in [-0.25, -0.2) is 0 Å². The van der Waals surface area contributed by atoms with E-state index in [0.717, 1.165) is 12.0 Å². The molecule has 0 aliphatic rings. The summed E-state index contributed by atoms with van der Waals surface area (Å²) in [5.74, 6) is -0.0290. The summed E-state index contributed by atoms with van der Waals surface area (Å²) in [4.78, 5) is 0. The van der Waals surface area contributed by atoms with E-state index in [-0.39, 0.29) is 5.92 Å². The SMILES string of the molecule is CCC(c1ccccc1)C(Cl)(Cl)Cl. The third-order valence-electron chi connectivity index (χ3n) is 2.01. The summed E-state index contributed by atoms with van der Waals surface area (Å²) < 4.78 is -1.21. The van der Waals surface area contributed by atoms with Gasteiger partial charge >= 0.3 is 0 Å². The van der Waals surface area contributed by atoms with Gasteiger partial charge in [0.05, 0.1) is 0 Å². The zero-order chi connectivity index (χ0) is 9.90. The Labute approximate surface area is 93.8 Å². The Morgan fingerprint density at radius 2 is 1.69 bits per heavy atom. The van der Waals surface area contributed by atoms with Crippen molar-refractivity contribution in [3.05, 3.63) is 35.9 Å². The van der Waals surface area contributed by atoms with Crippen LogP contribution in [0.1, 0.15) is 24.8 Å². The van der Waals surface area contributed by atoms with Crippen LogP contribution in [0.5, 0.6) is 0 Å². The number of hydrogen-bond acceptors (Lipinski definition) is 0. The highest BCUT2D eigenvalue weighted by Crippen LogP contribution is 2.43. The summed E-state index contributed by atoms with van der Waals surface area (Å²) in [7, 11) is 0. The summed E-state index contributed by atoms with van der Waals surface area (Å²) >= 11 is 17.6. The van der Waals surface area contributed by atoms with Crippen molar-refractivity contribution in [3.63, 3.8) is 0 Å². The second-order valence-electron chi connectivity index (χ2n) is 2.91. The molecule has 0 amide bonds. The van der Waals surface area contributed by atoms with Crippen LogP contribution >= 0.6 is 34.8 Å². The second kappa shape index (κ2) is 4.54. The molecule has 1 atom stereocenters. The van der Waals surface area contributed by atoms with Gasteiger partial charge in [0.25, 0.3) is 0 Å². The highest BCUT2D eigenvalue weighted by Gasteiger charge is 2.31. The zero-order valence-corrected chi connectivity index (χ0v) is 9.57. The van der Waals surface area contributed by atoms with Crippen molar-refractivity contribution in [1.82, 2.24) is 0 Å². The number of alkyl halides is 3. The predicted molar refractivity (Wildman–Crippen MR) is 59.8 cm³/mol. The third-order valence-corrected chi connectivity index (χ3v) is 2.80. The second-order valence-corrected chi connectivity index (χ2v) is 5.28. The van der Waals surface area contributed by atoms with Crippen LogP contribution < -0.4 is 0 Å². The van der Waals surface area contributed by atoms with Crippen molar-refractivity contribution in [2.45, 2.75) is 23.1 Å². The van der Waals surface area contributed by atoms with E-state index in [1.54, 1.807) is 0 Å². The lowest BCUT2D eigenvalue weighted by Crippen LogP contribution is -2.15. The molecule has 0 N–H and O–H groups in total. The molecular formula is C10H11Cl3. The Bertz CT molecular complexity index is 251. The lowest BCUT2D eigenvalue weighted by Gasteiger charge is -2.23. The fraction of sp³-hybridized carbons (Fsp3) is 0.400. The fourth-order valence-electron chi connectivity index (χ4n) is 1.34. The highest BCUT2D eigenvalue weighted by molar-refractivity contribution is 6.68. The summed E-state index contributed by atoms with van der Waals surface area (Å²) in [6, 6.07) is 9.82. The van der Waals surface area contributed by atoms with Crippen LogP contribution in [-0.2, 0) is 0 Å². The Hall–Kier alpha value is 0.0900. The van der Waals surface area contributed by atoms with Gasteiger partial charge in [0.1, 0.15) is 0 Å². The fourth-order valence-corrected chi connectivity index (χ4v) is 2.18. The van der Waals surface area contributed by atoms with E-state index in [9.17, 15) is 0 Å². The van der Waals surface area contributed by atoms with E-state index < -0.39 is 3.79 Å². The smallest absolute Gasteiger partial charge is 0.0830 e. The van der Waals surface area contributed by atoms with Crippen LogP contribution in [0.4, 0.5) is 0 Å². The molecule has 3 heteroatoms. The van der Waals surface area contributed by atoms with E-state index >= 15 is 0 Å². The van der Waals surface area contributed by atoms with Gasteiger partial charge in [-0.1, -0.05) is 72.1 Å². The van der Waals surface area contributed by atoms with Crippen LogP contribution in [0, 0.1) is 0 Å². The first-order valence-corrected chi connectivity index (χ1v) is 5.30. The molecule has 0 saturated heterocycles. The molecule has 1 aromatic rings. The molecule has 1 unspecified atom stereocenters. The molecule has 13 heavy (non-hydrogen) atoms. The molecular weight excluding hydrogens is 226 g/mol. The first-order valence-electron chi connectivity index (χ1n) is 4.17. The number of rotatable bonds is 2. The van der Waals surface area contributed by atoms with Gasteiger partial charge in [-0.15, -0.1) is 0 Å². The van der Waals surface area contributed by atoms with Crippen molar-refractivity contribution in [1.29, 1.82) is 0 Å². The molecule has 72 valence electrons. The Morgan fingerprint density at radius 1 is 1.15 bits per heavy atom. The van der Waals surface area contributed by atoms with Crippen molar-refractivity contribution in [3.8, 4) is 0 Å². The van der Waals surface area contributed by atoms with Gasteiger partial charge in [-0.3, -0.25) is 0 Å². The van der Waals surface area contributed by atoms with E-state index in [2.05, 4.69) is 0 Å². The van der Waals surface area contributed by atoms with Crippen LogP contribution in [0.3, 0.4) is 0 Å². The normalized spacial score (nSPS) is 14.2. The minimum absolute atomic E-state index is 0.0290. The summed E-state index contributed by atoms with van der Waals surface area (Å²) in [5.41, 5.74) is 1.07. The molecule has 0 bridgehead atoms. The maximum absolute atomic E-state index is 5.86. The first-order chi connectivity index (χ1) is 6.05. The molecule has 1 rings (SSSR count). The van der Waals surface area contributed by atoms with E-state index in [0.29, 0.717) is 0 Å². The third kappa shape index (κ3) is 3.05. The topological polar surface area (TPSA) is 0 Å². The van der Waals surface area contributed by atoms with Gasteiger partial charge in [0, 0.05) is 5.92 Å². The molecule has 0 radical (unpaired) electrons. The van der Waals surface area contributed by atoms with Crippen LogP contribution in [-0.4, -0.2) is 3.79 Å². The zero-order valence-electron chi connectivity index (χ0n) is 7.31. The molecule has 0 saturated carbocycles. The predicted octanol–water partition coefficient (Wildman–Crippen LogP) is 4.55. The van der Waals surface area contributed by atoms with E-state index in [1.165, 1.54) is 0 Å². The summed E-state index contributed by atoms with van der Waals surface area (Å²) in [5, 5.41) is 0. The maximum Gasteiger partial charge on any atom is 0.197 e. The largest absolute Gasteiger partial charge is 0.197 e. The highest BCUT2D eigenvalue weighted by atomic mass is 35.6. The van der Waals surface area contributed by atoms with Gasteiger partial charge in [0.2, 0.25) is 0 Å². The van der Waals surface area contributed by atoms with Crippen LogP contribution in [0.25, 0.3) is 0 Å². The summed E-state index contributed by atoms with van der Waals surface area (Å²) in [6.45, 7) is 2.01. The average Bonchev–Trinajstić information content (AvgIpc) is 2.05. The summed E-state index contributed by atoms with van der Waals surface area (Å²) in [6.07, 6.45) is 0.820. The quantitative estimate of drug-likeness (QED) is 0.662. The molecule has 1 aromatic carbocycles. The number of hydrogen-bond donors (Lipinski definition) is 0. The molecule has 0 aromatic heterocycles. The molecule has 0 aliphatic heterocycles. The first kappa shape index (κ1) is 11.2. The van der Waals surface area contributed by atoms with Crippen molar-refractivity contribution in [2.75, 3.05) is 0 Å². The Balaban J connectivity index is 2.92. The number of halogens is 3. The Morgan fingerprint density at radius 3 is 2.08 bits per heavy atom. The Kier molecular flexibility index (Phi) is 3.90. The monoisotopic (exact) mass is 236 g/mol. The lowest BCUT2D eigenvalue weighted by molar-refractivity contribution is 0.680. The van der Waals surface area contributed by atoms with Crippen molar-refractivity contribution < 1.29 is 0 Å². The molecule has 0 spiro atoms. The van der Waals surface area contributed by atoms with Gasteiger partial charge < -0.3 is 0 Å². The minimum atomic E-state index is -1.21. The van der Waals surface area contributed by atoms with Crippen LogP contribution in [0.2, 0.25) is 0 Å². The van der Waals surface area contributed by atoms with Crippen LogP contribution in [0.15, 0.2) is 30.3 Å². The molecule has 0 fully saturated rings. The molecule has 0 heterocycles. The molecule has 0 nitrogen and oxygen atoms in total. The lowest BCUT2D eigenvalue weighted by atomic mass is 9.98. The molecule has 0 aliphatic carbocycles. The van der Waals surface area contributed by atoms with Gasteiger partial charge in [0.15, 0.2) is 3.79 Å². The average molecular weight is 238 g/mol. The van der Waals surface area contributed by atoms with Crippen molar-refractivity contribution in [2.24, 2.45) is 0 Å². The minimum Gasteiger partial charge on any atom is -0.0830 e. The van der Waals surface area contributed by atoms with E-state index in [1.807, 2.05) is 37.3 Å². The standard InChI is InChI=1S/C10H11Cl3/c1-2-9(10(11,12)13)8-6-4-3-5-7-8/h3-7,9H,2H2,1H3. The number of benzene rings is 1. The van der Waals surface area contributed by atoms with Gasteiger partial charge in [-0.05, 0) is 12.0 Å². The maximum atomic E-state index is 5.86.